The molecule has 0 aromatic carbocycles. The molecule has 0 aliphatic rings. The number of thiophene rings is 1. The summed E-state index contributed by atoms with van der Waals surface area (Å²) in [4.78, 5) is 30.8. The van der Waals surface area contributed by atoms with Crippen molar-refractivity contribution in [1.82, 2.24) is 10.2 Å². The number of nitrogens with one attached hydrogen (secondary N) is 1. The summed E-state index contributed by atoms with van der Waals surface area (Å²) in [6.45, 7) is 9.61. The Hall–Kier alpha value is -2.29. The van der Waals surface area contributed by atoms with E-state index in [0.717, 1.165) is 5.56 Å². The molecule has 1 aromatic heterocycles. The number of nitrogens with zero attached hydrogens (tertiary/aromatic N) is 2. The number of nitrogens with two attached hydrogens (primary N) is 1. The van der Waals surface area contributed by atoms with Crippen LogP contribution in [0.5, 0.6) is 0 Å². The molecule has 0 spiro atoms. The van der Waals surface area contributed by atoms with E-state index in [0.29, 0.717) is 13.0 Å². The maximum atomic E-state index is 12.1. The highest BCUT2D eigenvalue weighted by Gasteiger charge is 2.23. The van der Waals surface area contributed by atoms with Gasteiger partial charge in [-0.3, -0.25) is 4.79 Å². The summed E-state index contributed by atoms with van der Waals surface area (Å²) in [5.74, 6) is 0.128. The van der Waals surface area contributed by atoms with Crippen molar-refractivity contribution < 1.29 is 19.2 Å². The van der Waals surface area contributed by atoms with Crippen molar-refractivity contribution in [2.24, 2.45) is 16.8 Å². The first-order valence-corrected chi connectivity index (χ1v) is 10.1. The van der Waals surface area contributed by atoms with Crippen molar-refractivity contribution in [3.8, 4) is 0 Å². The van der Waals surface area contributed by atoms with Crippen LogP contribution < -0.4 is 11.1 Å². The van der Waals surface area contributed by atoms with E-state index in [4.69, 9.17) is 15.3 Å². The van der Waals surface area contributed by atoms with Crippen LogP contribution in [-0.2, 0) is 20.9 Å². The molecule has 0 aliphatic carbocycles. The Morgan fingerprint density at radius 1 is 1.36 bits per heavy atom. The highest BCUT2D eigenvalue weighted by Crippen LogP contribution is 2.10. The van der Waals surface area contributed by atoms with Crippen LogP contribution in [-0.4, -0.2) is 48.0 Å². The molecule has 0 aliphatic heterocycles. The lowest BCUT2D eigenvalue weighted by Gasteiger charge is -2.24. The van der Waals surface area contributed by atoms with Gasteiger partial charge < -0.3 is 25.5 Å². The number of hydrogen-bond donors (Lipinski definition) is 2. The maximum absolute atomic E-state index is 12.1. The van der Waals surface area contributed by atoms with Crippen molar-refractivity contribution in [3.05, 3.63) is 22.4 Å². The van der Waals surface area contributed by atoms with E-state index in [-0.39, 0.29) is 24.3 Å². The van der Waals surface area contributed by atoms with Crippen LogP contribution in [0, 0.1) is 5.92 Å². The summed E-state index contributed by atoms with van der Waals surface area (Å²) in [6, 6.07) is 1.41. The fourth-order valence-electron chi connectivity index (χ4n) is 2.26. The minimum Gasteiger partial charge on any atom is -0.444 e. The van der Waals surface area contributed by atoms with E-state index < -0.39 is 17.7 Å². The maximum Gasteiger partial charge on any atom is 0.408 e. The third kappa shape index (κ3) is 9.59. The van der Waals surface area contributed by atoms with Gasteiger partial charge in [-0.1, -0.05) is 19.0 Å². The SMILES string of the molecule is CC(C)CC(NC(=O)OC(C)(C)C)/C(N)=N/OCC(=O)N(C)Cc1ccsc1. The fourth-order valence-corrected chi connectivity index (χ4v) is 2.92. The lowest BCUT2D eigenvalue weighted by molar-refractivity contribution is -0.135. The van der Waals surface area contributed by atoms with Crippen LogP contribution in [0.1, 0.15) is 46.6 Å². The number of hydrogen-bond acceptors (Lipinski definition) is 6. The molecular formula is C19H32N4O4S. The molecule has 1 unspecified atom stereocenters. The van der Waals surface area contributed by atoms with E-state index in [9.17, 15) is 9.59 Å². The molecule has 1 aromatic rings. The van der Waals surface area contributed by atoms with E-state index in [2.05, 4.69) is 10.5 Å². The molecule has 2 amide bonds. The summed E-state index contributed by atoms with van der Waals surface area (Å²) >= 11 is 1.58. The highest BCUT2D eigenvalue weighted by atomic mass is 32.1. The Balaban J connectivity index is 2.59. The van der Waals surface area contributed by atoms with Crippen molar-refractivity contribution in [3.63, 3.8) is 0 Å². The highest BCUT2D eigenvalue weighted by molar-refractivity contribution is 7.07. The van der Waals surface area contributed by atoms with Crippen LogP contribution in [0.4, 0.5) is 4.79 Å². The van der Waals surface area contributed by atoms with E-state index >= 15 is 0 Å². The zero-order chi connectivity index (χ0) is 21.3. The molecule has 3 N–H and O–H groups in total. The van der Waals surface area contributed by atoms with Crippen molar-refractivity contribution in [2.75, 3.05) is 13.7 Å². The minimum atomic E-state index is -0.617. The Morgan fingerprint density at radius 2 is 2.04 bits per heavy atom. The number of amides is 2. The van der Waals surface area contributed by atoms with Gasteiger partial charge in [0.05, 0.1) is 6.04 Å². The van der Waals surface area contributed by atoms with Crippen LogP contribution in [0.15, 0.2) is 22.0 Å². The molecule has 1 rings (SSSR count). The van der Waals surface area contributed by atoms with Crippen LogP contribution in [0.2, 0.25) is 0 Å². The van der Waals surface area contributed by atoms with E-state index in [1.54, 1.807) is 44.1 Å². The van der Waals surface area contributed by atoms with Crippen LogP contribution in [0.3, 0.4) is 0 Å². The Kier molecular flexibility index (Phi) is 9.24. The number of rotatable bonds is 9. The molecular weight excluding hydrogens is 380 g/mol. The van der Waals surface area contributed by atoms with Gasteiger partial charge in [-0.05, 0) is 55.5 Å². The number of likely N-dealkylation sites (N-methyl/N-ethyl adjacent to an activating group) is 1. The lowest BCUT2D eigenvalue weighted by Crippen LogP contribution is -2.47. The second kappa shape index (κ2) is 10.9. The molecule has 8 nitrogen and oxygen atoms in total. The quantitative estimate of drug-likeness (QED) is 0.368. The molecule has 0 radical (unpaired) electrons. The lowest BCUT2D eigenvalue weighted by atomic mass is 10.0. The summed E-state index contributed by atoms with van der Waals surface area (Å²) in [6.07, 6.45) is -0.0212. The van der Waals surface area contributed by atoms with Gasteiger partial charge in [-0.25, -0.2) is 4.79 Å². The molecule has 0 saturated carbocycles. The monoisotopic (exact) mass is 412 g/mol. The molecule has 158 valence electrons. The average Bonchev–Trinajstić information content (AvgIpc) is 3.04. The summed E-state index contributed by atoms with van der Waals surface area (Å²) in [7, 11) is 1.70. The second-order valence-electron chi connectivity index (χ2n) is 8.00. The molecule has 1 atom stereocenters. The molecule has 0 fully saturated rings. The van der Waals surface area contributed by atoms with E-state index in [1.807, 2.05) is 30.7 Å². The number of amidine groups is 1. The third-order valence-electron chi connectivity index (χ3n) is 3.54. The topological polar surface area (TPSA) is 106 Å². The predicted octanol–water partition coefficient (Wildman–Crippen LogP) is 2.93. The van der Waals surface area contributed by atoms with E-state index in [1.165, 1.54) is 0 Å². The van der Waals surface area contributed by atoms with Crippen molar-refractivity contribution in [2.45, 2.75) is 59.2 Å². The van der Waals surface area contributed by atoms with Gasteiger partial charge >= 0.3 is 6.09 Å². The molecule has 0 saturated heterocycles. The number of alkyl carbamates (subject to hydrolysis) is 1. The molecule has 28 heavy (non-hydrogen) atoms. The number of oxime groups is 1. The van der Waals surface area contributed by atoms with Crippen molar-refractivity contribution >= 4 is 29.2 Å². The minimum absolute atomic E-state index is 0.0906. The van der Waals surface area contributed by atoms with Gasteiger partial charge in [0.15, 0.2) is 12.4 Å². The first kappa shape index (κ1) is 23.7. The normalized spacial score (nSPS) is 13.2. The summed E-state index contributed by atoms with van der Waals surface area (Å²) in [5.41, 5.74) is 6.42. The summed E-state index contributed by atoms with van der Waals surface area (Å²) in [5, 5.41) is 10.5. The zero-order valence-corrected chi connectivity index (χ0v) is 18.3. The molecule has 1 heterocycles. The first-order valence-electron chi connectivity index (χ1n) is 9.17. The van der Waals surface area contributed by atoms with Gasteiger partial charge in [0.1, 0.15) is 5.60 Å². The Morgan fingerprint density at radius 3 is 2.57 bits per heavy atom. The number of carbonyl (C=O) groups is 2. The smallest absolute Gasteiger partial charge is 0.408 e. The second-order valence-corrected chi connectivity index (χ2v) is 8.78. The molecule has 0 bridgehead atoms. The number of ether oxygens (including phenoxy) is 1. The van der Waals surface area contributed by atoms with Gasteiger partial charge in [0, 0.05) is 13.6 Å². The van der Waals surface area contributed by atoms with Gasteiger partial charge in [0.25, 0.3) is 5.91 Å². The predicted molar refractivity (Wildman–Crippen MR) is 111 cm³/mol. The Labute approximate surface area is 171 Å². The largest absolute Gasteiger partial charge is 0.444 e. The summed E-state index contributed by atoms with van der Waals surface area (Å²) < 4.78 is 5.26. The average molecular weight is 413 g/mol. The fraction of sp³-hybridized carbons (Fsp3) is 0.632. The number of carbonyl (C=O) groups excluding carboxylic acids is 2. The van der Waals surface area contributed by atoms with Crippen LogP contribution in [0.25, 0.3) is 0 Å². The zero-order valence-electron chi connectivity index (χ0n) is 17.5. The first-order chi connectivity index (χ1) is 13.0. The van der Waals surface area contributed by atoms with Gasteiger partial charge in [-0.2, -0.15) is 11.3 Å². The van der Waals surface area contributed by atoms with Gasteiger partial charge in [-0.15, -0.1) is 0 Å². The van der Waals surface area contributed by atoms with Crippen LogP contribution >= 0.6 is 11.3 Å². The third-order valence-corrected chi connectivity index (χ3v) is 4.27. The van der Waals surface area contributed by atoms with Gasteiger partial charge in [0.2, 0.25) is 0 Å². The standard InChI is InChI=1S/C19H32N4O4S/c1-13(2)9-15(21-18(25)27-19(3,4)5)17(20)22-26-11-16(24)23(6)10-14-7-8-28-12-14/h7-8,12-13,15H,9-11H2,1-6H3,(H2,20,22)(H,21,25). The molecule has 9 heteroatoms. The Bertz CT molecular complexity index is 653. The van der Waals surface area contributed by atoms with Crippen molar-refractivity contribution in [1.29, 1.82) is 0 Å².